The molecule has 7 heteroatoms. The molecular weight excluding hydrogens is 212 g/mol. The Bertz CT molecular complexity index is 459. The van der Waals surface area contributed by atoms with Gasteiger partial charge in [0.15, 0.2) is 0 Å². The average Bonchev–Trinajstić information content (AvgIpc) is 2.49. The quantitative estimate of drug-likeness (QED) is 0.795. The molecule has 2 aromatic heterocycles. The van der Waals surface area contributed by atoms with Gasteiger partial charge in [-0.25, -0.2) is 9.97 Å². The van der Waals surface area contributed by atoms with E-state index in [0.29, 0.717) is 10.9 Å². The van der Waals surface area contributed by atoms with E-state index in [-0.39, 0.29) is 5.95 Å². The number of rotatable bonds is 2. The van der Waals surface area contributed by atoms with Gasteiger partial charge in [-0.2, -0.15) is 9.36 Å². The van der Waals surface area contributed by atoms with Crippen LogP contribution in [0, 0.1) is 13.8 Å². The minimum atomic E-state index is 0.249. The van der Waals surface area contributed by atoms with Crippen LogP contribution in [0.15, 0.2) is 6.07 Å². The number of nitrogens with zero attached hydrogens (tertiary/aromatic N) is 4. The Morgan fingerprint density at radius 1 is 1.27 bits per heavy atom. The summed E-state index contributed by atoms with van der Waals surface area (Å²) in [4.78, 5) is 12.2. The Kier molecular flexibility index (Phi) is 2.46. The molecule has 0 saturated carbocycles. The molecule has 0 saturated heterocycles. The molecule has 6 nitrogen and oxygen atoms in total. The number of anilines is 3. The highest BCUT2D eigenvalue weighted by Gasteiger charge is 2.03. The zero-order valence-electron chi connectivity index (χ0n) is 8.35. The Morgan fingerprint density at radius 3 is 2.67 bits per heavy atom. The predicted octanol–water partition coefficient (Wildman–Crippen LogP) is 1.27. The highest BCUT2D eigenvalue weighted by atomic mass is 32.1. The van der Waals surface area contributed by atoms with Gasteiger partial charge in [0, 0.05) is 23.3 Å². The maximum atomic E-state index is 5.52. The molecule has 2 rings (SSSR count). The molecule has 0 radical (unpaired) electrons. The van der Waals surface area contributed by atoms with Crippen LogP contribution < -0.4 is 11.1 Å². The SMILES string of the molecule is Cc1cc(Nc2nc(C)ns2)nc(N)n1. The molecule has 0 aromatic carbocycles. The van der Waals surface area contributed by atoms with Crippen LogP contribution in [-0.4, -0.2) is 19.3 Å². The molecule has 15 heavy (non-hydrogen) atoms. The maximum Gasteiger partial charge on any atom is 0.222 e. The zero-order valence-corrected chi connectivity index (χ0v) is 9.17. The first-order valence-electron chi connectivity index (χ1n) is 4.32. The Balaban J connectivity index is 2.24. The van der Waals surface area contributed by atoms with Crippen LogP contribution in [0.25, 0.3) is 0 Å². The summed E-state index contributed by atoms with van der Waals surface area (Å²) in [5.41, 5.74) is 6.33. The van der Waals surface area contributed by atoms with Crippen molar-refractivity contribution >= 4 is 28.4 Å². The fourth-order valence-electron chi connectivity index (χ4n) is 1.11. The van der Waals surface area contributed by atoms with E-state index >= 15 is 0 Å². The van der Waals surface area contributed by atoms with Crippen molar-refractivity contribution < 1.29 is 0 Å². The van der Waals surface area contributed by atoms with Gasteiger partial charge in [-0.3, -0.25) is 0 Å². The van der Waals surface area contributed by atoms with E-state index in [2.05, 4.69) is 24.6 Å². The summed E-state index contributed by atoms with van der Waals surface area (Å²) in [5.74, 6) is 1.62. The van der Waals surface area contributed by atoms with Crippen molar-refractivity contribution in [3.8, 4) is 0 Å². The third-order valence-corrected chi connectivity index (χ3v) is 2.36. The third-order valence-electron chi connectivity index (χ3n) is 1.63. The van der Waals surface area contributed by atoms with Gasteiger partial charge in [-0.05, 0) is 13.8 Å². The van der Waals surface area contributed by atoms with Gasteiger partial charge in [0.2, 0.25) is 11.1 Å². The highest BCUT2D eigenvalue weighted by molar-refractivity contribution is 7.09. The Labute approximate surface area is 90.8 Å². The van der Waals surface area contributed by atoms with E-state index in [1.165, 1.54) is 11.5 Å². The van der Waals surface area contributed by atoms with Crippen LogP contribution in [0.1, 0.15) is 11.5 Å². The summed E-state index contributed by atoms with van der Waals surface area (Å²) in [7, 11) is 0. The van der Waals surface area contributed by atoms with E-state index in [9.17, 15) is 0 Å². The van der Waals surface area contributed by atoms with Crippen LogP contribution in [-0.2, 0) is 0 Å². The molecule has 0 fully saturated rings. The largest absolute Gasteiger partial charge is 0.368 e. The van der Waals surface area contributed by atoms with Crippen molar-refractivity contribution in [3.05, 3.63) is 17.6 Å². The van der Waals surface area contributed by atoms with Crippen molar-refractivity contribution in [2.24, 2.45) is 0 Å². The molecule has 0 spiro atoms. The summed E-state index contributed by atoms with van der Waals surface area (Å²) in [6, 6.07) is 1.80. The zero-order chi connectivity index (χ0) is 10.8. The minimum Gasteiger partial charge on any atom is -0.368 e. The molecule has 2 heterocycles. The summed E-state index contributed by atoms with van der Waals surface area (Å²) < 4.78 is 4.05. The van der Waals surface area contributed by atoms with Crippen molar-refractivity contribution in [1.82, 2.24) is 19.3 Å². The summed E-state index contributed by atoms with van der Waals surface area (Å²) in [6.45, 7) is 3.69. The molecule has 3 N–H and O–H groups in total. The number of hydrogen-bond donors (Lipinski definition) is 2. The second kappa shape index (κ2) is 3.77. The number of hydrogen-bond acceptors (Lipinski definition) is 7. The molecule has 0 aliphatic rings. The standard InChI is InChI=1S/C8H10N6S/c1-4-3-6(12-7(9)10-4)13-8-11-5(2)14-15-8/h3H,1-2H3,(H3,9,10,11,12,13,14). The normalized spacial score (nSPS) is 10.3. The van der Waals surface area contributed by atoms with Crippen LogP contribution in [0.3, 0.4) is 0 Å². The molecule has 0 unspecified atom stereocenters. The number of aromatic nitrogens is 4. The highest BCUT2D eigenvalue weighted by Crippen LogP contribution is 2.17. The van der Waals surface area contributed by atoms with Crippen LogP contribution in [0.2, 0.25) is 0 Å². The van der Waals surface area contributed by atoms with Gasteiger partial charge >= 0.3 is 0 Å². The van der Waals surface area contributed by atoms with Crippen molar-refractivity contribution in [3.63, 3.8) is 0 Å². The first kappa shape index (κ1) is 9.78. The number of aryl methyl sites for hydroxylation is 2. The van der Waals surface area contributed by atoms with Gasteiger partial charge in [-0.15, -0.1) is 0 Å². The van der Waals surface area contributed by atoms with E-state index in [4.69, 9.17) is 5.73 Å². The lowest BCUT2D eigenvalue weighted by atomic mass is 10.4. The van der Waals surface area contributed by atoms with Crippen molar-refractivity contribution in [1.29, 1.82) is 0 Å². The molecule has 0 aliphatic heterocycles. The molecule has 0 amide bonds. The topological polar surface area (TPSA) is 89.6 Å². The number of nitrogens with one attached hydrogen (secondary N) is 1. The fourth-order valence-corrected chi connectivity index (χ4v) is 1.70. The third kappa shape index (κ3) is 2.38. The second-order valence-electron chi connectivity index (χ2n) is 3.02. The van der Waals surface area contributed by atoms with Gasteiger partial charge in [0.1, 0.15) is 11.6 Å². The lowest BCUT2D eigenvalue weighted by Crippen LogP contribution is -2.01. The first-order chi connectivity index (χ1) is 7.13. The van der Waals surface area contributed by atoms with Gasteiger partial charge in [0.25, 0.3) is 0 Å². The molecule has 0 atom stereocenters. The molecule has 78 valence electrons. The molecular formula is C8H10N6S. The smallest absolute Gasteiger partial charge is 0.222 e. The molecule has 0 aliphatic carbocycles. The molecule has 2 aromatic rings. The summed E-state index contributed by atoms with van der Waals surface area (Å²) in [6.07, 6.45) is 0. The van der Waals surface area contributed by atoms with E-state index in [0.717, 1.165) is 11.5 Å². The Morgan fingerprint density at radius 2 is 2.07 bits per heavy atom. The van der Waals surface area contributed by atoms with Crippen LogP contribution in [0.5, 0.6) is 0 Å². The van der Waals surface area contributed by atoms with Crippen molar-refractivity contribution in [2.45, 2.75) is 13.8 Å². The maximum absolute atomic E-state index is 5.52. The number of nitrogens with two attached hydrogens (primary N) is 1. The fraction of sp³-hybridized carbons (Fsp3) is 0.250. The monoisotopic (exact) mass is 222 g/mol. The second-order valence-corrected chi connectivity index (χ2v) is 3.78. The van der Waals surface area contributed by atoms with E-state index in [1.54, 1.807) is 6.07 Å². The van der Waals surface area contributed by atoms with Gasteiger partial charge in [0.05, 0.1) is 0 Å². The summed E-state index contributed by atoms with van der Waals surface area (Å²) in [5, 5.41) is 3.72. The van der Waals surface area contributed by atoms with Crippen molar-refractivity contribution in [2.75, 3.05) is 11.1 Å². The van der Waals surface area contributed by atoms with E-state index < -0.39 is 0 Å². The molecule has 0 bridgehead atoms. The lowest BCUT2D eigenvalue weighted by molar-refractivity contribution is 1.11. The van der Waals surface area contributed by atoms with Crippen LogP contribution in [0.4, 0.5) is 16.9 Å². The number of nitrogen functional groups attached to an aromatic ring is 1. The predicted molar refractivity (Wildman–Crippen MR) is 59.1 cm³/mol. The lowest BCUT2D eigenvalue weighted by Gasteiger charge is -2.02. The van der Waals surface area contributed by atoms with Gasteiger partial charge < -0.3 is 11.1 Å². The van der Waals surface area contributed by atoms with Crippen LogP contribution >= 0.6 is 11.5 Å². The van der Waals surface area contributed by atoms with Gasteiger partial charge in [-0.1, -0.05) is 0 Å². The minimum absolute atomic E-state index is 0.249. The average molecular weight is 222 g/mol. The first-order valence-corrected chi connectivity index (χ1v) is 5.09. The van der Waals surface area contributed by atoms with E-state index in [1.807, 2.05) is 13.8 Å². The summed E-state index contributed by atoms with van der Waals surface area (Å²) >= 11 is 1.28. The Hall–Kier alpha value is -1.76.